The first-order valence-corrected chi connectivity index (χ1v) is 13.3. The highest BCUT2D eigenvalue weighted by Crippen LogP contribution is 2.32. The number of morpholine rings is 1. The second kappa shape index (κ2) is 12.1. The van der Waals surface area contributed by atoms with Crippen LogP contribution in [0.15, 0.2) is 77.9 Å². The summed E-state index contributed by atoms with van der Waals surface area (Å²) in [5, 5.41) is 15.2. The van der Waals surface area contributed by atoms with Crippen molar-refractivity contribution in [3.05, 3.63) is 94.5 Å². The highest BCUT2D eigenvalue weighted by Gasteiger charge is 2.25. The molecular formula is C30H33N7O3. The summed E-state index contributed by atoms with van der Waals surface area (Å²) in [6.45, 7) is 7.23. The molecule has 2 aromatic carbocycles. The van der Waals surface area contributed by atoms with Crippen molar-refractivity contribution in [1.29, 1.82) is 0 Å². The van der Waals surface area contributed by atoms with E-state index in [9.17, 15) is 9.59 Å². The first-order valence-electron chi connectivity index (χ1n) is 13.3. The van der Waals surface area contributed by atoms with Crippen LogP contribution in [0.25, 0.3) is 11.1 Å². The lowest BCUT2D eigenvalue weighted by atomic mass is 10.00. The van der Waals surface area contributed by atoms with Gasteiger partial charge in [-0.1, -0.05) is 12.1 Å². The molecule has 4 aromatic rings. The average Bonchev–Trinajstić information content (AvgIpc) is 3.00. The summed E-state index contributed by atoms with van der Waals surface area (Å²) >= 11 is 0. The van der Waals surface area contributed by atoms with Crippen LogP contribution in [-0.2, 0) is 4.74 Å². The van der Waals surface area contributed by atoms with Gasteiger partial charge in [0.25, 0.3) is 11.5 Å². The number of amides is 1. The third-order valence-electron chi connectivity index (χ3n) is 7.09. The van der Waals surface area contributed by atoms with Gasteiger partial charge >= 0.3 is 0 Å². The van der Waals surface area contributed by atoms with Gasteiger partial charge in [-0.2, -0.15) is 5.10 Å². The Bertz CT molecular complexity index is 1520. The Morgan fingerprint density at radius 3 is 2.58 bits per heavy atom. The summed E-state index contributed by atoms with van der Waals surface area (Å²) in [6.07, 6.45) is 3.29. The summed E-state index contributed by atoms with van der Waals surface area (Å²) in [4.78, 5) is 31.2. The van der Waals surface area contributed by atoms with Crippen molar-refractivity contribution < 1.29 is 9.53 Å². The summed E-state index contributed by atoms with van der Waals surface area (Å²) in [5.41, 5.74) is 5.07. The fourth-order valence-electron chi connectivity index (χ4n) is 4.69. The summed E-state index contributed by atoms with van der Waals surface area (Å²) in [7, 11) is 2.01. The number of H-pyrrole nitrogens is 1. The summed E-state index contributed by atoms with van der Waals surface area (Å²) in [5.74, 6) is 0.357. The molecule has 0 radical (unpaired) electrons. The molecule has 0 saturated carbocycles. The number of carbonyl (C=O) groups excluding carboxylic acids is 1. The van der Waals surface area contributed by atoms with Crippen molar-refractivity contribution in [3.8, 4) is 11.1 Å². The van der Waals surface area contributed by atoms with Gasteiger partial charge < -0.3 is 19.9 Å². The minimum atomic E-state index is -0.250. The van der Waals surface area contributed by atoms with E-state index in [1.54, 1.807) is 23.5 Å². The number of hydrogen-bond donors (Lipinski definition) is 2. The van der Waals surface area contributed by atoms with Gasteiger partial charge in [-0.15, -0.1) is 5.10 Å². The standard InChI is InChI=1S/C30H33N7O3/c1-4-35(3)24-12-10-22(11-13-24)29(38)33-26-8-5-7-25(21(26)2)23-19-27(30(39)31-20-23)37(28-9-6-14-32-34-28)36-15-17-40-18-16-36/h5-14,19-20H,4,15-18H2,1-3H3,(H,31,39)(H,33,38). The number of carbonyl (C=O) groups is 1. The van der Waals surface area contributed by atoms with Crippen LogP contribution < -0.4 is 20.8 Å². The molecule has 0 atom stereocenters. The first kappa shape index (κ1) is 27.0. The van der Waals surface area contributed by atoms with Gasteiger partial charge in [-0.3, -0.25) is 9.59 Å². The Balaban J connectivity index is 1.46. The smallest absolute Gasteiger partial charge is 0.273 e. The van der Waals surface area contributed by atoms with Crippen molar-refractivity contribution in [2.24, 2.45) is 0 Å². The number of pyridine rings is 1. The topological polar surface area (TPSA) is 107 Å². The lowest BCUT2D eigenvalue weighted by Gasteiger charge is -2.37. The van der Waals surface area contributed by atoms with E-state index < -0.39 is 0 Å². The van der Waals surface area contributed by atoms with Gasteiger partial charge in [0.1, 0.15) is 5.69 Å². The molecule has 40 heavy (non-hydrogen) atoms. The zero-order chi connectivity index (χ0) is 28.1. The van der Waals surface area contributed by atoms with Gasteiger partial charge in [0.05, 0.1) is 13.2 Å². The molecule has 0 aliphatic carbocycles. The molecule has 1 saturated heterocycles. The van der Waals surface area contributed by atoms with Gasteiger partial charge in [-0.05, 0) is 73.5 Å². The molecular weight excluding hydrogens is 506 g/mol. The molecule has 0 spiro atoms. The summed E-state index contributed by atoms with van der Waals surface area (Å²) in [6, 6.07) is 18.8. The van der Waals surface area contributed by atoms with E-state index in [0.717, 1.165) is 28.9 Å². The number of benzene rings is 2. The Labute approximate surface area is 233 Å². The van der Waals surface area contributed by atoms with Crippen molar-refractivity contribution >= 4 is 28.8 Å². The molecule has 2 aromatic heterocycles. The number of hydrazine groups is 1. The molecule has 10 heteroatoms. The van der Waals surface area contributed by atoms with Crippen molar-refractivity contribution in [2.75, 3.05) is 55.1 Å². The van der Waals surface area contributed by atoms with E-state index in [1.165, 1.54) is 0 Å². The van der Waals surface area contributed by atoms with E-state index in [1.807, 2.05) is 73.6 Å². The Morgan fingerprint density at radius 1 is 1.10 bits per heavy atom. The van der Waals surface area contributed by atoms with Gasteiger partial charge in [0.15, 0.2) is 5.82 Å². The van der Waals surface area contributed by atoms with E-state index in [-0.39, 0.29) is 11.5 Å². The van der Waals surface area contributed by atoms with E-state index in [2.05, 4.69) is 32.3 Å². The Kier molecular flexibility index (Phi) is 8.18. The average molecular weight is 540 g/mol. The predicted molar refractivity (Wildman–Crippen MR) is 157 cm³/mol. The number of aromatic amines is 1. The van der Waals surface area contributed by atoms with E-state index >= 15 is 0 Å². The largest absolute Gasteiger partial charge is 0.379 e. The number of hydrogen-bond acceptors (Lipinski definition) is 8. The third kappa shape index (κ3) is 5.73. The van der Waals surface area contributed by atoms with Crippen molar-refractivity contribution in [1.82, 2.24) is 20.2 Å². The zero-order valence-electron chi connectivity index (χ0n) is 22.9. The van der Waals surface area contributed by atoms with Crippen LogP contribution in [0.1, 0.15) is 22.8 Å². The second-order valence-electron chi connectivity index (χ2n) is 9.56. The molecule has 1 aliphatic rings. The highest BCUT2D eigenvalue weighted by molar-refractivity contribution is 6.05. The number of ether oxygens (including phenoxy) is 1. The zero-order valence-corrected chi connectivity index (χ0v) is 22.9. The maximum absolute atomic E-state index is 13.1. The lowest BCUT2D eigenvalue weighted by molar-refractivity contribution is 0.0373. The Hall–Kier alpha value is -4.54. The van der Waals surface area contributed by atoms with Crippen LogP contribution in [0.4, 0.5) is 22.9 Å². The predicted octanol–water partition coefficient (Wildman–Crippen LogP) is 4.23. The molecule has 1 aliphatic heterocycles. The van der Waals surface area contributed by atoms with Crippen molar-refractivity contribution in [3.63, 3.8) is 0 Å². The van der Waals surface area contributed by atoms with Crippen LogP contribution in [0.5, 0.6) is 0 Å². The molecule has 5 rings (SSSR count). The SMILES string of the molecule is CCN(C)c1ccc(C(=O)Nc2cccc(-c3c[nH]c(=O)c(N(c4cccnn4)N4CCOCC4)c3)c2C)cc1. The fourth-order valence-corrected chi connectivity index (χ4v) is 4.69. The number of rotatable bonds is 8. The summed E-state index contributed by atoms with van der Waals surface area (Å²) < 4.78 is 5.53. The first-order chi connectivity index (χ1) is 19.5. The minimum Gasteiger partial charge on any atom is -0.379 e. The molecule has 10 nitrogen and oxygen atoms in total. The molecule has 0 unspecified atom stereocenters. The molecule has 1 amide bonds. The fraction of sp³-hybridized carbons (Fsp3) is 0.267. The Morgan fingerprint density at radius 2 is 1.88 bits per heavy atom. The van der Waals surface area contributed by atoms with Gasteiger partial charge in [0, 0.05) is 61.6 Å². The van der Waals surface area contributed by atoms with Gasteiger partial charge in [0.2, 0.25) is 0 Å². The van der Waals surface area contributed by atoms with Crippen LogP contribution in [0.3, 0.4) is 0 Å². The number of anilines is 4. The van der Waals surface area contributed by atoms with Crippen molar-refractivity contribution in [2.45, 2.75) is 13.8 Å². The normalized spacial score (nSPS) is 13.6. The van der Waals surface area contributed by atoms with Crippen LogP contribution in [0.2, 0.25) is 0 Å². The number of aromatic nitrogens is 3. The maximum atomic E-state index is 13.1. The molecule has 3 heterocycles. The number of nitrogens with zero attached hydrogens (tertiary/aromatic N) is 5. The maximum Gasteiger partial charge on any atom is 0.273 e. The van der Waals surface area contributed by atoms with Crippen LogP contribution in [-0.4, -0.2) is 66.0 Å². The van der Waals surface area contributed by atoms with Crippen LogP contribution >= 0.6 is 0 Å². The molecule has 206 valence electrons. The van der Waals surface area contributed by atoms with Crippen LogP contribution in [0, 0.1) is 6.92 Å². The molecule has 1 fully saturated rings. The molecule has 0 bridgehead atoms. The van der Waals surface area contributed by atoms with Gasteiger partial charge in [-0.25, -0.2) is 10.0 Å². The monoisotopic (exact) mass is 539 g/mol. The quantitative estimate of drug-likeness (QED) is 0.343. The van der Waals surface area contributed by atoms with E-state index in [0.29, 0.717) is 49.1 Å². The third-order valence-corrected chi connectivity index (χ3v) is 7.09. The molecule has 2 N–H and O–H groups in total. The second-order valence-corrected chi connectivity index (χ2v) is 9.56. The highest BCUT2D eigenvalue weighted by atomic mass is 16.5. The van der Waals surface area contributed by atoms with E-state index in [4.69, 9.17) is 4.74 Å². The number of nitrogens with one attached hydrogen (secondary N) is 2. The lowest BCUT2D eigenvalue weighted by Crippen LogP contribution is -2.48. The minimum absolute atomic E-state index is 0.186.